The zero-order chi connectivity index (χ0) is 17.0. The van der Waals surface area contributed by atoms with Gasteiger partial charge >= 0.3 is 0 Å². The molecule has 0 aromatic carbocycles. The van der Waals surface area contributed by atoms with Gasteiger partial charge in [-0.2, -0.15) is 0 Å². The Bertz CT molecular complexity index is 476. The van der Waals surface area contributed by atoms with E-state index < -0.39 is 12.2 Å². The lowest BCUT2D eigenvalue weighted by Gasteiger charge is -2.45. The van der Waals surface area contributed by atoms with Crippen LogP contribution in [-0.2, 0) is 0 Å². The van der Waals surface area contributed by atoms with Crippen LogP contribution in [0.4, 0.5) is 0 Å². The molecule has 0 aromatic rings. The molecule has 0 spiro atoms. The van der Waals surface area contributed by atoms with Gasteiger partial charge in [-0.3, -0.25) is 0 Å². The van der Waals surface area contributed by atoms with Crippen LogP contribution in [0.2, 0.25) is 0 Å². The molecule has 2 aliphatic rings. The van der Waals surface area contributed by atoms with Gasteiger partial charge in [0, 0.05) is 5.92 Å². The summed E-state index contributed by atoms with van der Waals surface area (Å²) in [6.07, 6.45) is 11.7. The van der Waals surface area contributed by atoms with E-state index in [1.807, 2.05) is 6.08 Å². The minimum absolute atomic E-state index is 0.0278. The topological polar surface area (TPSA) is 40.5 Å². The number of aliphatic hydroxyl groups excluding tert-OH is 2. The van der Waals surface area contributed by atoms with Crippen LogP contribution in [0.3, 0.4) is 0 Å². The van der Waals surface area contributed by atoms with Gasteiger partial charge in [0.2, 0.25) is 0 Å². The van der Waals surface area contributed by atoms with Crippen LogP contribution in [0, 0.1) is 23.7 Å². The maximum Gasteiger partial charge on any atom is 0.0598 e. The summed E-state index contributed by atoms with van der Waals surface area (Å²) >= 11 is 0. The molecule has 4 atom stereocenters. The van der Waals surface area contributed by atoms with E-state index in [-0.39, 0.29) is 5.92 Å². The van der Waals surface area contributed by atoms with Gasteiger partial charge < -0.3 is 10.2 Å². The number of aliphatic hydroxyl groups is 2. The predicted octanol–water partition coefficient (Wildman–Crippen LogP) is 4.42. The van der Waals surface area contributed by atoms with Crippen molar-refractivity contribution in [3.05, 3.63) is 48.6 Å². The average Bonchev–Trinajstić information content (AvgIpc) is 2.46. The highest BCUT2D eigenvalue weighted by Crippen LogP contribution is 2.45. The lowest BCUT2D eigenvalue weighted by atomic mass is 9.63. The van der Waals surface area contributed by atoms with Crippen LogP contribution in [0.5, 0.6) is 0 Å². The molecule has 4 unspecified atom stereocenters. The molecule has 1 saturated carbocycles. The molecule has 128 valence electrons. The van der Waals surface area contributed by atoms with Crippen molar-refractivity contribution in [2.75, 3.05) is 0 Å². The van der Waals surface area contributed by atoms with E-state index in [1.165, 1.54) is 11.1 Å². The van der Waals surface area contributed by atoms with Gasteiger partial charge in [0.15, 0.2) is 0 Å². The Kier molecular flexibility index (Phi) is 6.43. The van der Waals surface area contributed by atoms with Crippen molar-refractivity contribution >= 4 is 0 Å². The molecular weight excluding hydrogens is 284 g/mol. The molecule has 0 aromatic heterocycles. The van der Waals surface area contributed by atoms with Crippen LogP contribution < -0.4 is 0 Å². The van der Waals surface area contributed by atoms with Crippen LogP contribution >= 0.6 is 0 Å². The zero-order valence-corrected chi connectivity index (χ0v) is 14.6. The average molecular weight is 316 g/mol. The van der Waals surface area contributed by atoms with Crippen LogP contribution in [-0.4, -0.2) is 22.4 Å². The molecule has 2 nitrogen and oxygen atoms in total. The fourth-order valence-electron chi connectivity index (χ4n) is 4.55. The molecule has 0 radical (unpaired) electrons. The third-order valence-electron chi connectivity index (χ3n) is 5.70. The summed E-state index contributed by atoms with van der Waals surface area (Å²) in [7, 11) is 0. The monoisotopic (exact) mass is 316 g/mol. The Hall–Kier alpha value is -1.12. The molecule has 23 heavy (non-hydrogen) atoms. The van der Waals surface area contributed by atoms with Gasteiger partial charge in [-0.05, 0) is 63.7 Å². The van der Waals surface area contributed by atoms with Gasteiger partial charge in [-0.15, -0.1) is 0 Å². The third kappa shape index (κ3) is 4.45. The summed E-state index contributed by atoms with van der Waals surface area (Å²) in [6, 6.07) is 0. The second kappa shape index (κ2) is 8.12. The molecule has 1 fully saturated rings. The number of hydrogen-bond donors (Lipinski definition) is 2. The van der Waals surface area contributed by atoms with E-state index in [0.717, 1.165) is 32.1 Å². The number of rotatable bonds is 5. The van der Waals surface area contributed by atoms with E-state index >= 15 is 0 Å². The van der Waals surface area contributed by atoms with Crippen molar-refractivity contribution < 1.29 is 10.2 Å². The minimum atomic E-state index is -0.418. The highest BCUT2D eigenvalue weighted by Gasteiger charge is 2.43. The lowest BCUT2D eigenvalue weighted by molar-refractivity contribution is -0.0785. The van der Waals surface area contributed by atoms with Gasteiger partial charge in [-0.25, -0.2) is 0 Å². The Morgan fingerprint density at radius 3 is 2.52 bits per heavy atom. The second-order valence-electron chi connectivity index (χ2n) is 7.56. The van der Waals surface area contributed by atoms with Crippen molar-refractivity contribution in [1.82, 2.24) is 0 Å². The van der Waals surface area contributed by atoms with E-state index in [2.05, 4.69) is 39.2 Å². The fourth-order valence-corrected chi connectivity index (χ4v) is 4.55. The first-order valence-electron chi connectivity index (χ1n) is 8.88. The maximum atomic E-state index is 10.8. The molecule has 0 bridgehead atoms. The number of allylic oxidation sites excluding steroid dienone is 6. The molecule has 2 aliphatic carbocycles. The first kappa shape index (κ1) is 18.2. The third-order valence-corrected chi connectivity index (χ3v) is 5.70. The Labute approximate surface area is 141 Å². The highest BCUT2D eigenvalue weighted by atomic mass is 16.3. The molecule has 2 rings (SSSR count). The van der Waals surface area contributed by atoms with Gasteiger partial charge in [0.1, 0.15) is 0 Å². The van der Waals surface area contributed by atoms with Crippen molar-refractivity contribution in [2.45, 2.75) is 58.2 Å². The van der Waals surface area contributed by atoms with E-state index in [9.17, 15) is 10.2 Å². The van der Waals surface area contributed by atoms with Crippen LogP contribution in [0.1, 0.15) is 46.0 Å². The molecule has 2 N–H and O–H groups in total. The maximum absolute atomic E-state index is 10.8. The molecule has 0 heterocycles. The van der Waals surface area contributed by atoms with Gasteiger partial charge in [0.05, 0.1) is 12.2 Å². The van der Waals surface area contributed by atoms with Crippen molar-refractivity contribution in [3.8, 4) is 0 Å². The van der Waals surface area contributed by atoms with Crippen molar-refractivity contribution in [1.29, 1.82) is 0 Å². The summed E-state index contributed by atoms with van der Waals surface area (Å²) in [4.78, 5) is 0. The predicted molar refractivity (Wildman–Crippen MR) is 97.0 cm³/mol. The van der Waals surface area contributed by atoms with E-state index in [1.54, 1.807) is 6.08 Å². The summed E-state index contributed by atoms with van der Waals surface area (Å²) in [5.41, 5.74) is 2.55. The first-order valence-corrected chi connectivity index (χ1v) is 8.88. The van der Waals surface area contributed by atoms with Crippen molar-refractivity contribution in [2.24, 2.45) is 23.7 Å². The van der Waals surface area contributed by atoms with E-state index in [4.69, 9.17) is 0 Å². The normalized spacial score (nSPS) is 38.3. The smallest absolute Gasteiger partial charge is 0.0598 e. The first-order chi connectivity index (χ1) is 10.9. The minimum Gasteiger partial charge on any atom is -0.393 e. The SMILES string of the molecule is C=CC=CCC1CC(O)C(C2CC(C)=CCC2C(=C)C)C(O)C1. The Morgan fingerprint density at radius 2 is 1.96 bits per heavy atom. The molecule has 0 amide bonds. The second-order valence-corrected chi connectivity index (χ2v) is 7.56. The number of hydrogen-bond acceptors (Lipinski definition) is 2. The zero-order valence-electron chi connectivity index (χ0n) is 14.6. The van der Waals surface area contributed by atoms with Crippen LogP contribution in [0.15, 0.2) is 48.6 Å². The van der Waals surface area contributed by atoms with Gasteiger partial charge in [-0.1, -0.05) is 48.6 Å². The standard InChI is InChI=1S/C21H32O2/c1-5-6-7-8-16-12-19(22)21(20(23)13-16)18-11-15(4)9-10-17(18)14(2)3/h5-7,9,16-23H,1-2,8,10-13H2,3-4H3. The lowest BCUT2D eigenvalue weighted by Crippen LogP contribution is -2.46. The Balaban J connectivity index is 2.10. The highest BCUT2D eigenvalue weighted by molar-refractivity contribution is 5.15. The summed E-state index contributed by atoms with van der Waals surface area (Å²) in [5.74, 6) is 1.02. The Morgan fingerprint density at radius 1 is 1.30 bits per heavy atom. The quantitative estimate of drug-likeness (QED) is 0.582. The summed E-state index contributed by atoms with van der Waals surface area (Å²) in [5, 5.41) is 21.5. The molecule has 0 aliphatic heterocycles. The van der Waals surface area contributed by atoms with Crippen molar-refractivity contribution in [3.63, 3.8) is 0 Å². The summed E-state index contributed by atoms with van der Waals surface area (Å²) in [6.45, 7) is 12.1. The molecular formula is C21H32O2. The molecule has 2 heteroatoms. The molecule has 0 saturated heterocycles. The summed E-state index contributed by atoms with van der Waals surface area (Å²) < 4.78 is 0. The van der Waals surface area contributed by atoms with Crippen LogP contribution in [0.25, 0.3) is 0 Å². The fraction of sp³-hybridized carbons (Fsp3) is 0.619. The van der Waals surface area contributed by atoms with E-state index in [0.29, 0.717) is 17.8 Å². The van der Waals surface area contributed by atoms with Gasteiger partial charge in [0.25, 0.3) is 0 Å². The largest absolute Gasteiger partial charge is 0.393 e.